The van der Waals surface area contributed by atoms with E-state index in [0.29, 0.717) is 12.4 Å². The average molecular weight is 375 g/mol. The molecule has 2 aromatic rings. The summed E-state index contributed by atoms with van der Waals surface area (Å²) in [5.74, 6) is 0.855. The Morgan fingerprint density at radius 1 is 1.22 bits per heavy atom. The summed E-state index contributed by atoms with van der Waals surface area (Å²) in [6.07, 6.45) is 3.48. The zero-order chi connectivity index (χ0) is 19.6. The van der Waals surface area contributed by atoms with E-state index in [4.69, 9.17) is 15.6 Å². The molecule has 0 aliphatic carbocycles. The predicted molar refractivity (Wildman–Crippen MR) is 98.1 cm³/mol. The molecule has 27 heavy (non-hydrogen) atoms. The summed E-state index contributed by atoms with van der Waals surface area (Å²) in [6.45, 7) is 7.85. The van der Waals surface area contributed by atoms with Crippen molar-refractivity contribution in [3.8, 4) is 5.69 Å². The van der Waals surface area contributed by atoms with Crippen LogP contribution in [-0.4, -0.2) is 79.8 Å². The van der Waals surface area contributed by atoms with E-state index in [9.17, 15) is 4.79 Å². The normalized spacial score (nSPS) is 15.0. The fraction of sp³-hybridized carbons (Fsp3) is 0.471. The molecule has 0 bridgehead atoms. The van der Waals surface area contributed by atoms with Gasteiger partial charge in [-0.15, -0.1) is 0 Å². The second-order valence-electron chi connectivity index (χ2n) is 6.02. The Kier molecular flexibility index (Phi) is 7.83. The molecule has 10 nitrogen and oxygen atoms in total. The highest BCUT2D eigenvalue weighted by Crippen LogP contribution is 2.13. The lowest BCUT2D eigenvalue weighted by molar-refractivity contribution is -0.123. The number of primary amides is 1. The van der Waals surface area contributed by atoms with Gasteiger partial charge in [-0.25, -0.2) is 9.67 Å². The van der Waals surface area contributed by atoms with Crippen LogP contribution in [0.15, 0.2) is 24.5 Å². The highest BCUT2D eigenvalue weighted by atomic mass is 16.3. The van der Waals surface area contributed by atoms with Crippen LogP contribution in [0.1, 0.15) is 18.6 Å². The monoisotopic (exact) mass is 375 g/mol. The van der Waals surface area contributed by atoms with Crippen LogP contribution in [0.4, 0.5) is 0 Å². The summed E-state index contributed by atoms with van der Waals surface area (Å²) in [6, 6.07) is 3.75. The Morgan fingerprint density at radius 3 is 2.37 bits per heavy atom. The molecule has 3 N–H and O–H groups in total. The molecule has 1 amide bonds. The zero-order valence-corrected chi connectivity index (χ0v) is 15.4. The van der Waals surface area contributed by atoms with Crippen LogP contribution in [0.3, 0.4) is 0 Å². The maximum atomic E-state index is 11.2. The average Bonchev–Trinajstić information content (AvgIpc) is 3.05. The van der Waals surface area contributed by atoms with Crippen LogP contribution in [-0.2, 0) is 22.6 Å². The summed E-state index contributed by atoms with van der Waals surface area (Å²) in [5, 5.41) is 11.3. The number of hydrogen-bond acceptors (Lipinski definition) is 7. The molecule has 0 atom stereocenters. The molecular weight excluding hydrogens is 350 g/mol. The Hall–Kier alpha value is -2.85. The summed E-state index contributed by atoms with van der Waals surface area (Å²) in [7, 11) is 0. The lowest BCUT2D eigenvalue weighted by Crippen LogP contribution is -2.45. The van der Waals surface area contributed by atoms with Crippen LogP contribution in [0, 0.1) is 0 Å². The van der Waals surface area contributed by atoms with Gasteiger partial charge in [0.25, 0.3) is 6.47 Å². The molecule has 0 unspecified atom stereocenters. The van der Waals surface area contributed by atoms with E-state index in [1.54, 1.807) is 17.1 Å². The van der Waals surface area contributed by atoms with E-state index < -0.39 is 5.91 Å². The van der Waals surface area contributed by atoms with E-state index in [0.717, 1.165) is 44.2 Å². The number of aromatic nitrogens is 4. The largest absolute Gasteiger partial charge is 0.483 e. The fourth-order valence-electron chi connectivity index (χ4n) is 2.88. The van der Waals surface area contributed by atoms with E-state index >= 15 is 0 Å². The van der Waals surface area contributed by atoms with E-state index in [1.165, 1.54) is 0 Å². The standard InChI is InChI=1S/C16H23N7O.CH2O2/c1-2-21-7-9-22(10-8-21)12-16-19-15(11-14(17)24)20-23(16)13-3-5-18-6-4-13;2-1-3/h3-6H,2,7-12H2,1H3,(H2,17,24);1H,(H,2,3). The minimum atomic E-state index is -0.426. The van der Waals surface area contributed by atoms with Gasteiger partial charge >= 0.3 is 0 Å². The second kappa shape index (κ2) is 10.3. The van der Waals surface area contributed by atoms with Crippen LogP contribution < -0.4 is 5.73 Å². The van der Waals surface area contributed by atoms with Crippen molar-refractivity contribution in [1.29, 1.82) is 0 Å². The quantitative estimate of drug-likeness (QED) is 0.648. The van der Waals surface area contributed by atoms with Crippen molar-refractivity contribution in [2.45, 2.75) is 19.9 Å². The molecular formula is C17H25N7O3. The molecule has 3 heterocycles. The summed E-state index contributed by atoms with van der Waals surface area (Å²) >= 11 is 0. The minimum absolute atomic E-state index is 0.0503. The zero-order valence-electron chi connectivity index (χ0n) is 15.4. The van der Waals surface area contributed by atoms with Gasteiger partial charge in [-0.3, -0.25) is 19.5 Å². The van der Waals surface area contributed by atoms with Crippen molar-refractivity contribution in [2.75, 3.05) is 32.7 Å². The van der Waals surface area contributed by atoms with Crippen molar-refractivity contribution in [2.24, 2.45) is 5.73 Å². The third kappa shape index (κ3) is 6.12. The first kappa shape index (κ1) is 20.5. The van der Waals surface area contributed by atoms with E-state index in [1.807, 2.05) is 12.1 Å². The van der Waals surface area contributed by atoms with Crippen LogP contribution >= 0.6 is 0 Å². The van der Waals surface area contributed by atoms with Gasteiger partial charge in [0, 0.05) is 38.6 Å². The van der Waals surface area contributed by atoms with Crippen molar-refractivity contribution in [3.63, 3.8) is 0 Å². The van der Waals surface area contributed by atoms with Gasteiger partial charge < -0.3 is 15.7 Å². The van der Waals surface area contributed by atoms with Gasteiger partial charge in [-0.2, -0.15) is 5.10 Å². The summed E-state index contributed by atoms with van der Waals surface area (Å²) in [4.78, 5) is 32.9. The minimum Gasteiger partial charge on any atom is -0.483 e. The van der Waals surface area contributed by atoms with Gasteiger partial charge in [0.2, 0.25) is 5.91 Å². The lowest BCUT2D eigenvalue weighted by Gasteiger charge is -2.33. The van der Waals surface area contributed by atoms with E-state index in [2.05, 4.69) is 31.8 Å². The Morgan fingerprint density at radius 2 is 1.81 bits per heavy atom. The molecule has 0 radical (unpaired) electrons. The first-order valence-electron chi connectivity index (χ1n) is 8.73. The number of nitrogens with zero attached hydrogens (tertiary/aromatic N) is 6. The molecule has 1 fully saturated rings. The maximum absolute atomic E-state index is 11.2. The fourth-order valence-corrected chi connectivity index (χ4v) is 2.88. The van der Waals surface area contributed by atoms with Crippen molar-refractivity contribution in [3.05, 3.63) is 36.2 Å². The van der Waals surface area contributed by atoms with Gasteiger partial charge in [-0.1, -0.05) is 6.92 Å². The number of piperazine rings is 1. The molecule has 3 rings (SSSR count). The number of amides is 1. The number of nitrogens with two attached hydrogens (primary N) is 1. The molecule has 0 spiro atoms. The number of likely N-dealkylation sites (N-methyl/N-ethyl adjacent to an activating group) is 1. The highest BCUT2D eigenvalue weighted by molar-refractivity contribution is 5.75. The smallest absolute Gasteiger partial charge is 0.290 e. The second-order valence-corrected chi connectivity index (χ2v) is 6.02. The molecule has 0 saturated carbocycles. The van der Waals surface area contributed by atoms with Crippen LogP contribution in [0.5, 0.6) is 0 Å². The molecule has 2 aromatic heterocycles. The van der Waals surface area contributed by atoms with Gasteiger partial charge in [0.15, 0.2) is 5.82 Å². The number of carbonyl (C=O) groups is 2. The van der Waals surface area contributed by atoms with Gasteiger partial charge in [0.05, 0.1) is 18.7 Å². The first-order chi connectivity index (χ1) is 13.1. The van der Waals surface area contributed by atoms with E-state index in [-0.39, 0.29) is 12.9 Å². The van der Waals surface area contributed by atoms with Gasteiger partial charge in [-0.05, 0) is 18.7 Å². The van der Waals surface area contributed by atoms with Crippen molar-refractivity contribution in [1.82, 2.24) is 29.5 Å². The predicted octanol–water partition coefficient (Wildman–Crippen LogP) is -0.472. The molecule has 10 heteroatoms. The van der Waals surface area contributed by atoms with Crippen molar-refractivity contribution >= 4 is 12.4 Å². The molecule has 146 valence electrons. The number of rotatable bonds is 6. The number of carboxylic acid groups (broad SMARTS) is 1. The summed E-state index contributed by atoms with van der Waals surface area (Å²) in [5.41, 5.74) is 6.17. The number of carbonyl (C=O) groups excluding carboxylic acids is 1. The Labute approximate surface area is 157 Å². The number of hydrogen-bond donors (Lipinski definition) is 2. The van der Waals surface area contributed by atoms with Crippen molar-refractivity contribution < 1.29 is 14.7 Å². The van der Waals surface area contributed by atoms with Gasteiger partial charge in [0.1, 0.15) is 5.82 Å². The number of pyridine rings is 1. The molecule has 1 saturated heterocycles. The lowest BCUT2D eigenvalue weighted by atomic mass is 10.3. The topological polar surface area (TPSA) is 130 Å². The molecule has 1 aliphatic heterocycles. The third-order valence-corrected chi connectivity index (χ3v) is 4.23. The van der Waals surface area contributed by atoms with Crippen LogP contribution in [0.2, 0.25) is 0 Å². The molecule has 1 aliphatic rings. The Balaban J connectivity index is 0.000000817. The Bertz CT molecular complexity index is 727. The highest BCUT2D eigenvalue weighted by Gasteiger charge is 2.20. The third-order valence-electron chi connectivity index (χ3n) is 4.23. The first-order valence-corrected chi connectivity index (χ1v) is 8.73. The molecule has 0 aromatic carbocycles. The van der Waals surface area contributed by atoms with Crippen LogP contribution in [0.25, 0.3) is 5.69 Å². The SMILES string of the molecule is CCN1CCN(Cc2nc(CC(N)=O)nn2-c2ccncc2)CC1.O=CO. The maximum Gasteiger partial charge on any atom is 0.290 e. The summed E-state index contributed by atoms with van der Waals surface area (Å²) < 4.78 is 1.78.